The van der Waals surface area contributed by atoms with Crippen LogP contribution in [0.25, 0.3) is 0 Å². The Bertz CT molecular complexity index is 457. The van der Waals surface area contributed by atoms with Crippen molar-refractivity contribution in [3.8, 4) is 5.75 Å². The molecular weight excluding hydrogens is 262 g/mol. The summed E-state index contributed by atoms with van der Waals surface area (Å²) in [7, 11) is 1.72. The SMILES string of the molecule is CCC1(CC)CN(Cc2cc(OC)cc(C)n2)CCCN1. The molecule has 2 rings (SSSR count). The van der Waals surface area contributed by atoms with E-state index in [1.165, 1.54) is 19.3 Å². The van der Waals surface area contributed by atoms with Gasteiger partial charge in [0.05, 0.1) is 12.8 Å². The number of pyridine rings is 1. The molecule has 1 aromatic heterocycles. The number of hydrogen-bond donors (Lipinski definition) is 1. The van der Waals surface area contributed by atoms with Crippen LogP contribution in [0.3, 0.4) is 0 Å². The Hall–Kier alpha value is -1.13. The van der Waals surface area contributed by atoms with Crippen molar-refractivity contribution in [2.24, 2.45) is 0 Å². The summed E-state index contributed by atoms with van der Waals surface area (Å²) < 4.78 is 5.36. The van der Waals surface area contributed by atoms with E-state index in [2.05, 4.69) is 35.1 Å². The molecule has 0 bridgehead atoms. The molecule has 1 aromatic rings. The van der Waals surface area contributed by atoms with E-state index in [4.69, 9.17) is 4.74 Å². The molecule has 1 fully saturated rings. The Morgan fingerprint density at radius 1 is 1.33 bits per heavy atom. The minimum absolute atomic E-state index is 0.254. The molecule has 0 amide bonds. The highest BCUT2D eigenvalue weighted by atomic mass is 16.5. The van der Waals surface area contributed by atoms with Crippen molar-refractivity contribution in [3.05, 3.63) is 23.5 Å². The first-order chi connectivity index (χ1) is 10.1. The topological polar surface area (TPSA) is 37.4 Å². The van der Waals surface area contributed by atoms with E-state index in [-0.39, 0.29) is 5.54 Å². The third-order valence-corrected chi connectivity index (χ3v) is 4.63. The lowest BCUT2D eigenvalue weighted by atomic mass is 9.92. The van der Waals surface area contributed by atoms with Gasteiger partial charge in [-0.25, -0.2) is 0 Å². The molecule has 0 unspecified atom stereocenters. The van der Waals surface area contributed by atoms with E-state index in [9.17, 15) is 0 Å². The maximum atomic E-state index is 5.36. The highest BCUT2D eigenvalue weighted by Gasteiger charge is 2.30. The van der Waals surface area contributed by atoms with Crippen LogP contribution >= 0.6 is 0 Å². The maximum Gasteiger partial charge on any atom is 0.122 e. The van der Waals surface area contributed by atoms with E-state index in [1.807, 2.05) is 13.0 Å². The monoisotopic (exact) mass is 291 g/mol. The largest absolute Gasteiger partial charge is 0.497 e. The summed E-state index contributed by atoms with van der Waals surface area (Å²) in [4.78, 5) is 7.20. The first-order valence-corrected chi connectivity index (χ1v) is 8.09. The zero-order valence-corrected chi connectivity index (χ0v) is 13.9. The number of nitrogens with zero attached hydrogens (tertiary/aromatic N) is 2. The summed E-state index contributed by atoms with van der Waals surface area (Å²) in [5.41, 5.74) is 2.38. The van der Waals surface area contributed by atoms with E-state index in [0.717, 1.165) is 43.3 Å². The van der Waals surface area contributed by atoms with Gasteiger partial charge in [-0.1, -0.05) is 13.8 Å². The summed E-state index contributed by atoms with van der Waals surface area (Å²) in [6.07, 6.45) is 3.54. The van der Waals surface area contributed by atoms with Crippen molar-refractivity contribution >= 4 is 0 Å². The number of hydrogen-bond acceptors (Lipinski definition) is 4. The quantitative estimate of drug-likeness (QED) is 0.905. The summed E-state index contributed by atoms with van der Waals surface area (Å²) in [5.74, 6) is 0.905. The minimum atomic E-state index is 0.254. The smallest absolute Gasteiger partial charge is 0.122 e. The van der Waals surface area contributed by atoms with E-state index < -0.39 is 0 Å². The van der Waals surface area contributed by atoms with Gasteiger partial charge < -0.3 is 10.1 Å². The van der Waals surface area contributed by atoms with Gasteiger partial charge in [0, 0.05) is 36.5 Å². The first kappa shape index (κ1) is 16.2. The van der Waals surface area contributed by atoms with Crippen molar-refractivity contribution in [2.45, 2.75) is 52.1 Å². The van der Waals surface area contributed by atoms with Crippen LogP contribution in [-0.4, -0.2) is 42.2 Å². The number of nitrogens with one attached hydrogen (secondary N) is 1. The van der Waals surface area contributed by atoms with Crippen LogP contribution in [0.15, 0.2) is 12.1 Å². The van der Waals surface area contributed by atoms with Gasteiger partial charge in [0.25, 0.3) is 0 Å². The van der Waals surface area contributed by atoms with Gasteiger partial charge >= 0.3 is 0 Å². The molecule has 1 aliphatic rings. The van der Waals surface area contributed by atoms with Crippen molar-refractivity contribution in [1.82, 2.24) is 15.2 Å². The first-order valence-electron chi connectivity index (χ1n) is 8.09. The molecule has 2 heterocycles. The summed E-state index contributed by atoms with van der Waals surface area (Å²) in [6.45, 7) is 10.8. The molecule has 0 spiro atoms. The van der Waals surface area contributed by atoms with E-state index in [0.29, 0.717) is 0 Å². The van der Waals surface area contributed by atoms with Crippen LogP contribution in [-0.2, 0) is 6.54 Å². The van der Waals surface area contributed by atoms with Gasteiger partial charge in [-0.05, 0) is 39.3 Å². The standard InChI is InChI=1S/C17H29N3O/c1-5-17(6-2)13-20(9-7-8-18-17)12-15-11-16(21-4)10-14(3)19-15/h10-11,18H,5-9,12-13H2,1-4H3. The minimum Gasteiger partial charge on any atom is -0.497 e. The van der Waals surface area contributed by atoms with Gasteiger partial charge in [0.1, 0.15) is 5.75 Å². The Balaban J connectivity index is 2.12. The lowest BCUT2D eigenvalue weighted by molar-refractivity contribution is 0.189. The van der Waals surface area contributed by atoms with Crippen LogP contribution in [0.1, 0.15) is 44.5 Å². The zero-order valence-electron chi connectivity index (χ0n) is 13.9. The van der Waals surface area contributed by atoms with Crippen molar-refractivity contribution in [2.75, 3.05) is 26.7 Å². The second-order valence-electron chi connectivity index (χ2n) is 6.12. The molecule has 0 aliphatic carbocycles. The van der Waals surface area contributed by atoms with Crippen molar-refractivity contribution in [3.63, 3.8) is 0 Å². The average Bonchev–Trinajstić information content (AvgIpc) is 2.69. The van der Waals surface area contributed by atoms with Crippen molar-refractivity contribution in [1.29, 1.82) is 0 Å². The predicted octanol–water partition coefficient (Wildman–Crippen LogP) is 2.75. The lowest BCUT2D eigenvalue weighted by Crippen LogP contribution is -2.50. The summed E-state index contributed by atoms with van der Waals surface area (Å²) in [6, 6.07) is 4.04. The van der Waals surface area contributed by atoms with Crippen LogP contribution in [0.4, 0.5) is 0 Å². The van der Waals surface area contributed by atoms with Gasteiger partial charge in [-0.2, -0.15) is 0 Å². The maximum absolute atomic E-state index is 5.36. The molecule has 0 radical (unpaired) electrons. The molecule has 4 nitrogen and oxygen atoms in total. The third kappa shape index (κ3) is 4.17. The van der Waals surface area contributed by atoms with E-state index in [1.54, 1.807) is 7.11 Å². The molecule has 1 aliphatic heterocycles. The fourth-order valence-corrected chi connectivity index (χ4v) is 3.21. The van der Waals surface area contributed by atoms with Crippen LogP contribution in [0.5, 0.6) is 5.75 Å². The molecule has 1 N–H and O–H groups in total. The summed E-state index contributed by atoms with van der Waals surface area (Å²) >= 11 is 0. The highest BCUT2D eigenvalue weighted by molar-refractivity contribution is 5.26. The number of rotatable bonds is 5. The van der Waals surface area contributed by atoms with Gasteiger partial charge in [-0.15, -0.1) is 0 Å². The molecule has 21 heavy (non-hydrogen) atoms. The lowest BCUT2D eigenvalue weighted by Gasteiger charge is -2.35. The molecular formula is C17H29N3O. The number of ether oxygens (including phenoxy) is 1. The molecule has 118 valence electrons. The van der Waals surface area contributed by atoms with Gasteiger partial charge in [-0.3, -0.25) is 9.88 Å². The normalized spacial score (nSPS) is 19.2. The molecule has 0 aromatic carbocycles. The number of methoxy groups -OCH3 is 1. The number of aryl methyl sites for hydroxylation is 1. The van der Waals surface area contributed by atoms with Crippen LogP contribution < -0.4 is 10.1 Å². The second kappa shape index (κ2) is 7.23. The summed E-state index contributed by atoms with van der Waals surface area (Å²) in [5, 5.41) is 3.76. The zero-order chi connectivity index (χ0) is 15.3. The Morgan fingerprint density at radius 2 is 2.10 bits per heavy atom. The average molecular weight is 291 g/mol. The Morgan fingerprint density at radius 3 is 2.76 bits per heavy atom. The van der Waals surface area contributed by atoms with Gasteiger partial charge in [0.2, 0.25) is 0 Å². The van der Waals surface area contributed by atoms with Gasteiger partial charge in [0.15, 0.2) is 0 Å². The molecule has 4 heteroatoms. The number of aromatic nitrogens is 1. The highest BCUT2D eigenvalue weighted by Crippen LogP contribution is 2.22. The Labute approximate surface area is 128 Å². The van der Waals surface area contributed by atoms with Crippen LogP contribution in [0, 0.1) is 6.92 Å². The van der Waals surface area contributed by atoms with Crippen molar-refractivity contribution < 1.29 is 4.74 Å². The van der Waals surface area contributed by atoms with E-state index >= 15 is 0 Å². The fraction of sp³-hybridized carbons (Fsp3) is 0.706. The molecule has 1 saturated heterocycles. The Kier molecular flexibility index (Phi) is 5.59. The molecule has 0 saturated carbocycles. The second-order valence-corrected chi connectivity index (χ2v) is 6.12. The predicted molar refractivity (Wildman–Crippen MR) is 86.7 cm³/mol. The fourth-order valence-electron chi connectivity index (χ4n) is 3.21. The molecule has 0 atom stereocenters. The van der Waals surface area contributed by atoms with Crippen LogP contribution in [0.2, 0.25) is 0 Å². The third-order valence-electron chi connectivity index (χ3n) is 4.63.